The molecule has 0 aromatic carbocycles. The van der Waals surface area contributed by atoms with Gasteiger partial charge in [0.15, 0.2) is 0 Å². The zero-order chi connectivity index (χ0) is 10.0. The van der Waals surface area contributed by atoms with E-state index in [-0.39, 0.29) is 5.56 Å². The molecule has 0 radical (unpaired) electrons. The van der Waals surface area contributed by atoms with Crippen molar-refractivity contribution in [2.24, 2.45) is 0 Å². The summed E-state index contributed by atoms with van der Waals surface area (Å²) in [6.07, 6.45) is -2.49. The van der Waals surface area contributed by atoms with Crippen molar-refractivity contribution in [1.29, 1.82) is 0 Å². The van der Waals surface area contributed by atoms with Crippen LogP contribution in [0.5, 0.6) is 0 Å². The van der Waals surface area contributed by atoms with E-state index in [0.29, 0.717) is 20.1 Å². The van der Waals surface area contributed by atoms with Crippen molar-refractivity contribution in [3.05, 3.63) is 26.4 Å². The highest BCUT2D eigenvalue weighted by Gasteiger charge is 2.15. The van der Waals surface area contributed by atoms with Crippen molar-refractivity contribution < 1.29 is 8.78 Å². The van der Waals surface area contributed by atoms with Gasteiger partial charge in [0.05, 0.1) is 10.2 Å². The Labute approximate surface area is 99.3 Å². The molecule has 13 heavy (non-hydrogen) atoms. The lowest BCUT2D eigenvalue weighted by Crippen LogP contribution is -1.94. The first kappa shape index (κ1) is 11.5. The maximum Gasteiger partial charge on any atom is 0.265 e. The number of alkyl halides is 3. The third kappa shape index (κ3) is 2.70. The summed E-state index contributed by atoms with van der Waals surface area (Å²) in [7, 11) is 0. The molecule has 0 aliphatic heterocycles. The SMILES string of the molecule is FC(F)c1cc(CBr)nc(Br)c1Br. The summed E-state index contributed by atoms with van der Waals surface area (Å²) in [6, 6.07) is 1.37. The van der Waals surface area contributed by atoms with Crippen molar-refractivity contribution in [2.75, 3.05) is 0 Å². The maximum absolute atomic E-state index is 12.4. The first-order valence-electron chi connectivity index (χ1n) is 3.25. The summed E-state index contributed by atoms with van der Waals surface area (Å²) in [5.41, 5.74) is 0.529. The Balaban J connectivity index is 3.25. The van der Waals surface area contributed by atoms with E-state index in [1.165, 1.54) is 6.07 Å². The third-order valence-corrected chi connectivity index (χ3v) is 3.88. The van der Waals surface area contributed by atoms with Crippen LogP contribution < -0.4 is 0 Å². The van der Waals surface area contributed by atoms with E-state index in [2.05, 4.69) is 52.8 Å². The van der Waals surface area contributed by atoms with Gasteiger partial charge in [0, 0.05) is 10.9 Å². The normalized spacial score (nSPS) is 10.9. The van der Waals surface area contributed by atoms with Crippen LogP contribution in [0, 0.1) is 0 Å². The lowest BCUT2D eigenvalue weighted by molar-refractivity contribution is 0.150. The quantitative estimate of drug-likeness (QED) is 0.547. The highest BCUT2D eigenvalue weighted by Crippen LogP contribution is 2.32. The largest absolute Gasteiger partial charge is 0.265 e. The van der Waals surface area contributed by atoms with Crippen molar-refractivity contribution >= 4 is 47.8 Å². The molecule has 0 fully saturated rings. The smallest absolute Gasteiger partial charge is 0.244 e. The highest BCUT2D eigenvalue weighted by atomic mass is 79.9. The van der Waals surface area contributed by atoms with E-state index >= 15 is 0 Å². The van der Waals surface area contributed by atoms with Crippen LogP contribution in [0.3, 0.4) is 0 Å². The molecule has 1 aromatic heterocycles. The molecule has 1 heterocycles. The summed E-state index contributed by atoms with van der Waals surface area (Å²) >= 11 is 9.29. The van der Waals surface area contributed by atoms with Crippen molar-refractivity contribution in [3.63, 3.8) is 0 Å². The summed E-state index contributed by atoms with van der Waals surface area (Å²) in [5.74, 6) is 0. The molecule has 72 valence electrons. The molecule has 0 spiro atoms. The van der Waals surface area contributed by atoms with Crippen LogP contribution in [0.1, 0.15) is 17.7 Å². The van der Waals surface area contributed by atoms with Crippen LogP contribution in [0.25, 0.3) is 0 Å². The fraction of sp³-hybridized carbons (Fsp3) is 0.286. The van der Waals surface area contributed by atoms with Gasteiger partial charge in [-0.3, -0.25) is 0 Å². The second-order valence-corrected chi connectivity index (χ2v) is 4.35. The van der Waals surface area contributed by atoms with Crippen LogP contribution in [0.2, 0.25) is 0 Å². The van der Waals surface area contributed by atoms with E-state index in [1.54, 1.807) is 0 Å². The molecule has 0 aliphatic rings. The molecule has 1 aromatic rings. The average molecular weight is 380 g/mol. The van der Waals surface area contributed by atoms with Crippen LogP contribution >= 0.6 is 47.8 Å². The summed E-state index contributed by atoms with van der Waals surface area (Å²) in [6.45, 7) is 0. The van der Waals surface area contributed by atoms with Gasteiger partial charge in [-0.25, -0.2) is 13.8 Å². The fourth-order valence-corrected chi connectivity index (χ4v) is 1.92. The lowest BCUT2D eigenvalue weighted by atomic mass is 10.2. The van der Waals surface area contributed by atoms with E-state index in [0.717, 1.165) is 0 Å². The molecule has 0 bridgehead atoms. The molecule has 1 rings (SSSR count). The topological polar surface area (TPSA) is 12.9 Å². The Bertz CT molecular complexity index is 317. The number of hydrogen-bond acceptors (Lipinski definition) is 1. The van der Waals surface area contributed by atoms with Gasteiger partial charge < -0.3 is 0 Å². The van der Waals surface area contributed by atoms with Crippen LogP contribution in [-0.4, -0.2) is 4.98 Å². The Morgan fingerprint density at radius 1 is 1.38 bits per heavy atom. The molecule has 0 amide bonds. The summed E-state index contributed by atoms with van der Waals surface area (Å²) in [5, 5.41) is 0.457. The van der Waals surface area contributed by atoms with Crippen molar-refractivity contribution in [3.8, 4) is 0 Å². The van der Waals surface area contributed by atoms with Crippen molar-refractivity contribution in [1.82, 2.24) is 4.98 Å². The Hall–Kier alpha value is 0.450. The molecule has 0 unspecified atom stereocenters. The first-order valence-corrected chi connectivity index (χ1v) is 5.96. The number of aromatic nitrogens is 1. The Kier molecular flexibility index (Phi) is 4.25. The maximum atomic E-state index is 12.4. The number of pyridine rings is 1. The van der Waals surface area contributed by atoms with E-state index in [4.69, 9.17) is 0 Å². The van der Waals surface area contributed by atoms with Gasteiger partial charge in [0.2, 0.25) is 0 Å². The molecule has 1 nitrogen and oxygen atoms in total. The molecule has 0 N–H and O–H groups in total. The van der Waals surface area contributed by atoms with Gasteiger partial charge in [0.1, 0.15) is 4.60 Å². The number of halogens is 5. The molecule has 6 heteroatoms. The predicted molar refractivity (Wildman–Crippen MR) is 57.2 cm³/mol. The van der Waals surface area contributed by atoms with Gasteiger partial charge >= 0.3 is 0 Å². The Morgan fingerprint density at radius 2 is 2.00 bits per heavy atom. The standard InChI is InChI=1S/C7H4Br3F2N/c8-2-3-1-4(7(11)12)5(9)6(10)13-3/h1,7H,2H2. The van der Waals surface area contributed by atoms with Gasteiger partial charge in [-0.05, 0) is 37.9 Å². The molecule has 0 atom stereocenters. The minimum absolute atomic E-state index is 0.0451. The molecular formula is C7H4Br3F2N. The molecule has 0 saturated carbocycles. The Morgan fingerprint density at radius 3 is 2.46 bits per heavy atom. The predicted octanol–water partition coefficient (Wildman–Crippen LogP) is 4.44. The van der Waals surface area contributed by atoms with Crippen LogP contribution in [0.4, 0.5) is 8.78 Å². The first-order chi connectivity index (χ1) is 6.06. The minimum atomic E-state index is -2.49. The van der Waals surface area contributed by atoms with Crippen LogP contribution in [0.15, 0.2) is 15.1 Å². The van der Waals surface area contributed by atoms with E-state index < -0.39 is 6.43 Å². The summed E-state index contributed by atoms with van der Waals surface area (Å²) < 4.78 is 25.6. The van der Waals surface area contributed by atoms with Gasteiger partial charge in [-0.2, -0.15) is 0 Å². The van der Waals surface area contributed by atoms with E-state index in [9.17, 15) is 8.78 Å². The second kappa shape index (κ2) is 4.79. The van der Waals surface area contributed by atoms with Gasteiger partial charge in [-0.1, -0.05) is 15.9 Å². The lowest BCUT2D eigenvalue weighted by Gasteiger charge is -2.06. The number of nitrogens with zero attached hydrogens (tertiary/aromatic N) is 1. The average Bonchev–Trinajstić information content (AvgIpc) is 2.09. The molecular weight excluding hydrogens is 376 g/mol. The number of hydrogen-bond donors (Lipinski definition) is 0. The third-order valence-electron chi connectivity index (χ3n) is 1.37. The highest BCUT2D eigenvalue weighted by molar-refractivity contribution is 9.13. The van der Waals surface area contributed by atoms with Gasteiger partial charge in [0.25, 0.3) is 6.43 Å². The van der Waals surface area contributed by atoms with E-state index in [1.807, 2.05) is 0 Å². The minimum Gasteiger partial charge on any atom is -0.244 e. The summed E-state index contributed by atoms with van der Waals surface area (Å²) in [4.78, 5) is 4.02. The molecule has 0 saturated heterocycles. The van der Waals surface area contributed by atoms with Gasteiger partial charge in [-0.15, -0.1) is 0 Å². The number of rotatable bonds is 2. The molecule has 0 aliphatic carbocycles. The second-order valence-electron chi connectivity index (χ2n) is 2.24. The van der Waals surface area contributed by atoms with Crippen molar-refractivity contribution in [2.45, 2.75) is 11.8 Å². The monoisotopic (exact) mass is 377 g/mol. The van der Waals surface area contributed by atoms with Crippen LogP contribution in [-0.2, 0) is 5.33 Å². The zero-order valence-electron chi connectivity index (χ0n) is 6.20. The zero-order valence-corrected chi connectivity index (χ0v) is 11.0. The fourth-order valence-electron chi connectivity index (χ4n) is 0.797.